The molecule has 1 aromatic heterocycles. The minimum absolute atomic E-state index is 0.0506. The van der Waals surface area contributed by atoms with Crippen LogP contribution in [-0.4, -0.2) is 11.6 Å². The van der Waals surface area contributed by atoms with Crippen molar-refractivity contribution in [1.82, 2.24) is 4.98 Å². The second kappa shape index (κ2) is 3.21. The van der Waals surface area contributed by atoms with E-state index in [0.29, 0.717) is 0 Å². The van der Waals surface area contributed by atoms with Crippen molar-refractivity contribution in [2.75, 3.05) is 0 Å². The number of nitrogens with zero attached hydrogens (tertiary/aromatic N) is 1. The number of fused-ring (bicyclic) bond motifs is 1. The van der Waals surface area contributed by atoms with Crippen LogP contribution in [0.15, 0.2) is 22.6 Å². The van der Waals surface area contributed by atoms with Gasteiger partial charge in [0.05, 0.1) is 0 Å². The highest BCUT2D eigenvalue weighted by atomic mass is 19.3. The first-order valence-electron chi connectivity index (χ1n) is 3.66. The van der Waals surface area contributed by atoms with Gasteiger partial charge in [-0.25, -0.2) is 0 Å². The molecule has 0 aliphatic rings. The summed E-state index contributed by atoms with van der Waals surface area (Å²) in [6.07, 6.45) is -1.08. The zero-order valence-corrected chi connectivity index (χ0v) is 6.71. The summed E-state index contributed by atoms with van der Waals surface area (Å²) in [5, 5.41) is 0. The molecule has 0 bridgehead atoms. The van der Waals surface area contributed by atoms with Crippen molar-refractivity contribution in [2.24, 2.45) is 0 Å². The van der Waals surface area contributed by atoms with Gasteiger partial charge in [0.25, 0.3) is 0 Å². The molecular formula is C8H4F3NO2. The van der Waals surface area contributed by atoms with E-state index >= 15 is 0 Å². The number of aromatic nitrogens is 1. The van der Waals surface area contributed by atoms with E-state index in [2.05, 4.69) is 14.1 Å². The summed E-state index contributed by atoms with van der Waals surface area (Å²) in [5.74, 6) is -0.204. The highest BCUT2D eigenvalue weighted by molar-refractivity contribution is 5.79. The normalized spacial score (nSPS) is 11.1. The molecule has 0 spiro atoms. The van der Waals surface area contributed by atoms with Gasteiger partial charge in [-0.3, -0.25) is 0 Å². The second-order valence-electron chi connectivity index (χ2n) is 2.45. The molecule has 14 heavy (non-hydrogen) atoms. The Morgan fingerprint density at radius 3 is 2.86 bits per heavy atom. The van der Waals surface area contributed by atoms with Gasteiger partial charge in [-0.1, -0.05) is 6.07 Å². The van der Waals surface area contributed by atoms with Crippen LogP contribution in [0.1, 0.15) is 0 Å². The van der Waals surface area contributed by atoms with Crippen LogP contribution in [0.25, 0.3) is 11.1 Å². The molecule has 0 fully saturated rings. The lowest BCUT2D eigenvalue weighted by Gasteiger charge is -2.02. The molecular weight excluding hydrogens is 199 g/mol. The molecule has 2 rings (SSSR count). The zero-order chi connectivity index (χ0) is 10.1. The summed E-state index contributed by atoms with van der Waals surface area (Å²) < 4.78 is 44.9. The lowest BCUT2D eigenvalue weighted by atomic mass is 10.3. The molecule has 0 amide bonds. The van der Waals surface area contributed by atoms with Crippen molar-refractivity contribution in [3.63, 3.8) is 0 Å². The SMILES string of the molecule is Fc1nc2c(OC(F)F)cccc2o1. The molecule has 0 aliphatic heterocycles. The molecule has 0 atom stereocenters. The number of alkyl halides is 2. The molecule has 0 N–H and O–H groups in total. The Hall–Kier alpha value is -1.72. The van der Waals surface area contributed by atoms with Crippen molar-refractivity contribution in [3.05, 3.63) is 24.3 Å². The van der Waals surface area contributed by atoms with Gasteiger partial charge in [0, 0.05) is 0 Å². The molecule has 1 heterocycles. The van der Waals surface area contributed by atoms with Crippen LogP contribution in [0.3, 0.4) is 0 Å². The number of hydrogen-bond acceptors (Lipinski definition) is 3. The Bertz CT molecular complexity index is 455. The van der Waals surface area contributed by atoms with E-state index in [1.165, 1.54) is 18.2 Å². The summed E-state index contributed by atoms with van der Waals surface area (Å²) in [6.45, 7) is -2.97. The van der Waals surface area contributed by atoms with Gasteiger partial charge < -0.3 is 9.15 Å². The van der Waals surface area contributed by atoms with Crippen LogP contribution < -0.4 is 4.74 Å². The topological polar surface area (TPSA) is 35.3 Å². The standard InChI is InChI=1S/C8H4F3NO2/c9-7(10)13-4-2-1-3-5-6(4)12-8(11)14-5/h1-3,7H. The number of benzene rings is 1. The second-order valence-corrected chi connectivity index (χ2v) is 2.45. The highest BCUT2D eigenvalue weighted by Gasteiger charge is 2.13. The Labute approximate surface area is 76.1 Å². The first-order valence-corrected chi connectivity index (χ1v) is 3.66. The summed E-state index contributed by atoms with van der Waals surface area (Å²) in [7, 11) is 0. The fraction of sp³-hybridized carbons (Fsp3) is 0.125. The third-order valence-corrected chi connectivity index (χ3v) is 1.57. The first-order chi connectivity index (χ1) is 6.66. The predicted molar refractivity (Wildman–Crippen MR) is 40.6 cm³/mol. The maximum atomic E-state index is 12.5. The van der Waals surface area contributed by atoms with E-state index in [1.807, 2.05) is 0 Å². The molecule has 0 radical (unpaired) electrons. The van der Waals surface area contributed by atoms with Gasteiger partial charge >= 0.3 is 12.8 Å². The molecule has 2 aromatic rings. The van der Waals surface area contributed by atoms with Crippen molar-refractivity contribution >= 4 is 11.1 Å². The van der Waals surface area contributed by atoms with Gasteiger partial charge in [0.1, 0.15) is 0 Å². The van der Waals surface area contributed by atoms with E-state index in [1.54, 1.807) is 0 Å². The average Bonchev–Trinajstić information content (AvgIpc) is 2.45. The third-order valence-electron chi connectivity index (χ3n) is 1.57. The van der Waals surface area contributed by atoms with Crippen molar-refractivity contribution in [3.8, 4) is 5.75 Å². The number of halogens is 3. The fourth-order valence-corrected chi connectivity index (χ4v) is 1.09. The lowest BCUT2D eigenvalue weighted by Crippen LogP contribution is -2.02. The zero-order valence-electron chi connectivity index (χ0n) is 6.71. The average molecular weight is 203 g/mol. The molecule has 1 aromatic carbocycles. The molecule has 0 unspecified atom stereocenters. The smallest absolute Gasteiger partial charge is 0.387 e. The van der Waals surface area contributed by atoms with E-state index in [-0.39, 0.29) is 16.8 Å². The van der Waals surface area contributed by atoms with E-state index < -0.39 is 12.8 Å². The maximum Gasteiger partial charge on any atom is 0.387 e. The van der Waals surface area contributed by atoms with Crippen LogP contribution in [0.4, 0.5) is 13.2 Å². The third kappa shape index (κ3) is 1.50. The van der Waals surface area contributed by atoms with E-state index in [9.17, 15) is 13.2 Å². The summed E-state index contributed by atoms with van der Waals surface area (Å²) in [5.41, 5.74) is 0.0194. The molecule has 74 valence electrons. The molecule has 6 heteroatoms. The quantitative estimate of drug-likeness (QED) is 0.752. The number of ether oxygens (including phenoxy) is 1. The fourth-order valence-electron chi connectivity index (χ4n) is 1.09. The minimum Gasteiger partial charge on any atom is -0.432 e. The van der Waals surface area contributed by atoms with Crippen LogP contribution in [0.2, 0.25) is 0 Å². The number of hydrogen-bond donors (Lipinski definition) is 0. The summed E-state index contributed by atoms with van der Waals surface area (Å²) in [6, 6.07) is 4.07. The van der Waals surface area contributed by atoms with E-state index in [4.69, 9.17) is 0 Å². The van der Waals surface area contributed by atoms with Crippen LogP contribution >= 0.6 is 0 Å². The number of rotatable bonds is 2. The van der Waals surface area contributed by atoms with Crippen molar-refractivity contribution in [1.29, 1.82) is 0 Å². The monoisotopic (exact) mass is 203 g/mol. The van der Waals surface area contributed by atoms with Crippen LogP contribution in [-0.2, 0) is 0 Å². The van der Waals surface area contributed by atoms with Gasteiger partial charge in [0.2, 0.25) is 0 Å². The summed E-state index contributed by atoms with van der Waals surface area (Å²) in [4.78, 5) is 3.27. The molecule has 0 saturated heterocycles. The minimum atomic E-state index is -2.97. The Balaban J connectivity index is 2.53. The van der Waals surface area contributed by atoms with Gasteiger partial charge in [-0.05, 0) is 12.1 Å². The maximum absolute atomic E-state index is 12.5. The number of oxazole rings is 1. The predicted octanol–water partition coefficient (Wildman–Crippen LogP) is 2.57. The van der Waals surface area contributed by atoms with Crippen molar-refractivity contribution < 1.29 is 22.3 Å². The van der Waals surface area contributed by atoms with Crippen LogP contribution in [0.5, 0.6) is 5.75 Å². The van der Waals surface area contributed by atoms with Crippen LogP contribution in [0, 0.1) is 6.14 Å². The Morgan fingerprint density at radius 2 is 2.14 bits per heavy atom. The van der Waals surface area contributed by atoms with Gasteiger partial charge in [-0.15, -0.1) is 4.39 Å². The first kappa shape index (κ1) is 8.86. The van der Waals surface area contributed by atoms with Crippen molar-refractivity contribution in [2.45, 2.75) is 6.61 Å². The Kier molecular flexibility index (Phi) is 2.03. The number of para-hydroxylation sites is 1. The van der Waals surface area contributed by atoms with Gasteiger partial charge in [-0.2, -0.15) is 13.8 Å². The van der Waals surface area contributed by atoms with E-state index in [0.717, 1.165) is 0 Å². The molecule has 0 aliphatic carbocycles. The van der Waals surface area contributed by atoms with Gasteiger partial charge in [0.15, 0.2) is 16.8 Å². The Morgan fingerprint density at radius 1 is 1.36 bits per heavy atom. The highest BCUT2D eigenvalue weighted by Crippen LogP contribution is 2.26. The molecule has 3 nitrogen and oxygen atoms in total. The lowest BCUT2D eigenvalue weighted by molar-refractivity contribution is -0.0489. The summed E-state index contributed by atoms with van der Waals surface area (Å²) >= 11 is 0. The molecule has 0 saturated carbocycles. The largest absolute Gasteiger partial charge is 0.432 e.